The Hall–Kier alpha value is -2.40. The zero-order chi connectivity index (χ0) is 17.9. The van der Waals surface area contributed by atoms with E-state index in [-0.39, 0.29) is 4.90 Å². The van der Waals surface area contributed by atoms with Gasteiger partial charge in [0.25, 0.3) is 0 Å². The topological polar surface area (TPSA) is 89.3 Å². The summed E-state index contributed by atoms with van der Waals surface area (Å²) in [6.07, 6.45) is 0. The predicted molar refractivity (Wildman–Crippen MR) is 101 cm³/mol. The van der Waals surface area contributed by atoms with Gasteiger partial charge in [0, 0.05) is 16.3 Å². The summed E-state index contributed by atoms with van der Waals surface area (Å²) in [5.41, 5.74) is 6.06. The first-order valence-corrected chi connectivity index (χ1v) is 10.7. The number of benzene rings is 3. The average molecular weight is 372 g/mol. The molecule has 0 fully saturated rings. The molecule has 0 aromatic heterocycles. The van der Waals surface area contributed by atoms with Crippen molar-refractivity contribution in [3.63, 3.8) is 0 Å². The van der Waals surface area contributed by atoms with E-state index in [1.807, 2.05) is 0 Å². The molecular formula is C18H17N2O3PS. The lowest BCUT2D eigenvalue weighted by Crippen LogP contribution is -2.32. The highest BCUT2D eigenvalue weighted by molar-refractivity contribution is 7.99. The fourth-order valence-electron chi connectivity index (χ4n) is 2.40. The van der Waals surface area contributed by atoms with Crippen LogP contribution < -0.4 is 20.8 Å². The van der Waals surface area contributed by atoms with E-state index in [9.17, 15) is 13.0 Å². The second-order valence-electron chi connectivity index (χ2n) is 5.44. The molecule has 0 aliphatic carbocycles. The maximum absolute atomic E-state index is 13.8. The molecule has 0 radical (unpaired) electrons. The fourth-order valence-corrected chi connectivity index (χ4v) is 6.99. The molecule has 0 aliphatic heterocycles. The third-order valence-corrected chi connectivity index (χ3v) is 8.61. The van der Waals surface area contributed by atoms with Crippen LogP contribution in [0.15, 0.2) is 89.8 Å². The molecule has 3 aromatic carbocycles. The molecule has 0 bridgehead atoms. The highest BCUT2D eigenvalue weighted by atomic mass is 32.2. The van der Waals surface area contributed by atoms with Gasteiger partial charge in [0.2, 0.25) is 17.3 Å². The van der Waals surface area contributed by atoms with Crippen LogP contribution in [0.5, 0.6) is 0 Å². The average Bonchev–Trinajstić information content (AvgIpc) is 2.63. The van der Waals surface area contributed by atoms with Crippen LogP contribution in [0.4, 0.5) is 5.69 Å². The molecule has 3 rings (SSSR count). The minimum absolute atomic E-state index is 0.00814. The molecule has 5 nitrogen and oxygen atoms in total. The number of nitrogens with two attached hydrogens (primary N) is 1. The van der Waals surface area contributed by atoms with Crippen LogP contribution in [0.2, 0.25) is 0 Å². The second kappa shape index (κ2) is 6.84. The third-order valence-electron chi connectivity index (χ3n) is 3.68. The van der Waals surface area contributed by atoms with Crippen LogP contribution in [0.3, 0.4) is 0 Å². The van der Waals surface area contributed by atoms with E-state index in [1.165, 1.54) is 24.3 Å². The van der Waals surface area contributed by atoms with Crippen LogP contribution >= 0.6 is 7.29 Å². The molecule has 0 spiro atoms. The van der Waals surface area contributed by atoms with Crippen molar-refractivity contribution in [1.82, 2.24) is 4.49 Å². The van der Waals surface area contributed by atoms with Crippen LogP contribution in [0.1, 0.15) is 0 Å². The molecule has 3 aromatic rings. The normalized spacial score (nSPS) is 12.0. The van der Waals surface area contributed by atoms with E-state index in [2.05, 4.69) is 4.49 Å². The van der Waals surface area contributed by atoms with E-state index < -0.39 is 17.3 Å². The minimum Gasteiger partial charge on any atom is -0.399 e. The first kappa shape index (κ1) is 17.4. The quantitative estimate of drug-likeness (QED) is 0.532. The fraction of sp³-hybridized carbons (Fsp3) is 0. The van der Waals surface area contributed by atoms with Gasteiger partial charge in [0.05, 0.1) is 4.90 Å². The first-order chi connectivity index (χ1) is 11.9. The number of hydrogen-bond donors (Lipinski definition) is 2. The van der Waals surface area contributed by atoms with Gasteiger partial charge in [0.15, 0.2) is 0 Å². The lowest BCUT2D eigenvalue weighted by molar-refractivity contribution is 0.575. The maximum atomic E-state index is 13.8. The monoisotopic (exact) mass is 372 g/mol. The number of sulfonamides is 1. The molecule has 3 N–H and O–H groups in total. The summed E-state index contributed by atoms with van der Waals surface area (Å²) < 4.78 is 41.7. The zero-order valence-electron chi connectivity index (χ0n) is 13.2. The van der Waals surface area contributed by atoms with E-state index in [0.717, 1.165) is 0 Å². The van der Waals surface area contributed by atoms with E-state index in [0.29, 0.717) is 16.3 Å². The van der Waals surface area contributed by atoms with Crippen molar-refractivity contribution in [2.75, 3.05) is 5.73 Å². The van der Waals surface area contributed by atoms with Crippen molar-refractivity contribution in [2.24, 2.45) is 0 Å². The van der Waals surface area contributed by atoms with Gasteiger partial charge in [-0.15, -0.1) is 0 Å². The highest BCUT2D eigenvalue weighted by Gasteiger charge is 2.33. The van der Waals surface area contributed by atoms with Crippen LogP contribution in [-0.4, -0.2) is 8.42 Å². The van der Waals surface area contributed by atoms with E-state index in [1.54, 1.807) is 60.7 Å². The van der Waals surface area contributed by atoms with Crippen LogP contribution in [-0.2, 0) is 14.6 Å². The Bertz CT molecular complexity index is 962. The van der Waals surface area contributed by atoms with Gasteiger partial charge in [-0.1, -0.05) is 36.4 Å². The SMILES string of the molecule is Nc1ccc(S(=O)(=O)NP(=O)(c2ccccc2)c2ccccc2)cc1. The van der Waals surface area contributed by atoms with Gasteiger partial charge in [-0.25, -0.2) is 8.42 Å². The third kappa shape index (κ3) is 3.66. The number of nitrogen functional groups attached to an aromatic ring is 1. The van der Waals surface area contributed by atoms with E-state index >= 15 is 0 Å². The first-order valence-electron chi connectivity index (χ1n) is 7.53. The summed E-state index contributed by atoms with van der Waals surface area (Å²) in [5.74, 6) is 0. The van der Waals surface area contributed by atoms with Crippen molar-refractivity contribution in [2.45, 2.75) is 4.90 Å². The van der Waals surface area contributed by atoms with Gasteiger partial charge >= 0.3 is 0 Å². The Morgan fingerprint density at radius 2 is 1.16 bits per heavy atom. The molecule has 0 saturated carbocycles. The van der Waals surface area contributed by atoms with Crippen molar-refractivity contribution in [3.05, 3.63) is 84.9 Å². The Kier molecular flexibility index (Phi) is 4.77. The largest absolute Gasteiger partial charge is 0.399 e. The van der Waals surface area contributed by atoms with Gasteiger partial charge in [-0.05, 0) is 48.5 Å². The molecule has 0 atom stereocenters. The Balaban J connectivity index is 2.11. The molecule has 25 heavy (non-hydrogen) atoms. The smallest absolute Gasteiger partial charge is 0.246 e. The second-order valence-corrected chi connectivity index (χ2v) is 9.90. The van der Waals surface area contributed by atoms with Gasteiger partial charge < -0.3 is 5.73 Å². The van der Waals surface area contributed by atoms with Crippen molar-refractivity contribution < 1.29 is 13.0 Å². The molecule has 7 heteroatoms. The summed E-state index contributed by atoms with van der Waals surface area (Å²) in [6, 6.07) is 22.8. The summed E-state index contributed by atoms with van der Waals surface area (Å²) in [6.45, 7) is 0. The van der Waals surface area contributed by atoms with Gasteiger partial charge in [0.1, 0.15) is 0 Å². The van der Waals surface area contributed by atoms with Crippen molar-refractivity contribution >= 4 is 33.6 Å². The molecule has 0 unspecified atom stereocenters. The molecular weight excluding hydrogens is 355 g/mol. The van der Waals surface area contributed by atoms with Crippen LogP contribution in [0, 0.1) is 0 Å². The Labute approximate surface area is 147 Å². The summed E-state index contributed by atoms with van der Waals surface area (Å²) in [5, 5.41) is 0.834. The number of rotatable bonds is 5. The molecule has 0 amide bonds. The summed E-state index contributed by atoms with van der Waals surface area (Å²) >= 11 is 0. The Morgan fingerprint density at radius 3 is 1.60 bits per heavy atom. The molecule has 0 saturated heterocycles. The number of anilines is 1. The van der Waals surface area contributed by atoms with Crippen LogP contribution in [0.25, 0.3) is 0 Å². The lowest BCUT2D eigenvalue weighted by atomic mass is 10.3. The predicted octanol–water partition coefficient (Wildman–Crippen LogP) is 2.48. The number of nitrogens with one attached hydrogen (secondary N) is 1. The molecule has 128 valence electrons. The van der Waals surface area contributed by atoms with Gasteiger partial charge in [-0.3, -0.25) is 4.57 Å². The minimum atomic E-state index is -4.00. The van der Waals surface area contributed by atoms with E-state index in [4.69, 9.17) is 5.73 Å². The van der Waals surface area contributed by atoms with Crippen molar-refractivity contribution in [3.8, 4) is 0 Å². The molecule has 0 aliphatic rings. The summed E-state index contributed by atoms with van der Waals surface area (Å²) in [7, 11) is -7.59. The summed E-state index contributed by atoms with van der Waals surface area (Å²) in [4.78, 5) is 0.00814. The standard InChI is InChI=1S/C18H17N2O3PS/c19-15-11-13-18(14-12-15)25(22,23)20-24(21,16-7-3-1-4-8-16)17-9-5-2-6-10-17/h1-14H,19H2,(H,20,21). The molecule has 0 heterocycles. The zero-order valence-corrected chi connectivity index (χ0v) is 15.0. The number of hydrogen-bond acceptors (Lipinski definition) is 4. The Morgan fingerprint density at radius 1 is 0.720 bits per heavy atom. The van der Waals surface area contributed by atoms with Crippen molar-refractivity contribution in [1.29, 1.82) is 0 Å². The lowest BCUT2D eigenvalue weighted by Gasteiger charge is -2.20. The van der Waals surface area contributed by atoms with Gasteiger partial charge in [-0.2, -0.15) is 4.49 Å². The highest BCUT2D eigenvalue weighted by Crippen LogP contribution is 2.40. The maximum Gasteiger partial charge on any atom is 0.246 e.